The van der Waals surface area contributed by atoms with Crippen molar-refractivity contribution >= 4 is 17.2 Å². The second kappa shape index (κ2) is 6.91. The summed E-state index contributed by atoms with van der Waals surface area (Å²) in [6, 6.07) is 9.40. The standard InChI is InChI=1S/C18H22N2O3S/c1-13-19-14(12-24-13)10-17(21)20-9-8-18(2,22)16(11-20)23-15-6-4-3-5-7-15/h3-7,12,16,22H,8-11H2,1-2H3/t16-,18-/m1/s1. The number of amides is 1. The highest BCUT2D eigenvalue weighted by Gasteiger charge is 2.40. The maximum Gasteiger partial charge on any atom is 0.228 e. The molecule has 1 aromatic carbocycles. The summed E-state index contributed by atoms with van der Waals surface area (Å²) in [5.41, 5.74) is -0.149. The van der Waals surface area contributed by atoms with Gasteiger partial charge in [-0.2, -0.15) is 0 Å². The van der Waals surface area contributed by atoms with Gasteiger partial charge in [-0.3, -0.25) is 4.79 Å². The van der Waals surface area contributed by atoms with E-state index in [4.69, 9.17) is 4.74 Å². The first kappa shape index (κ1) is 16.9. The summed E-state index contributed by atoms with van der Waals surface area (Å²) in [5, 5.41) is 13.5. The minimum absolute atomic E-state index is 0.0254. The summed E-state index contributed by atoms with van der Waals surface area (Å²) in [5.74, 6) is 0.727. The van der Waals surface area contributed by atoms with Gasteiger partial charge < -0.3 is 14.7 Å². The Balaban J connectivity index is 1.67. The Kier molecular flexibility index (Phi) is 4.87. The van der Waals surface area contributed by atoms with Gasteiger partial charge in [0.1, 0.15) is 17.5 Å². The van der Waals surface area contributed by atoms with Crippen molar-refractivity contribution < 1.29 is 14.6 Å². The molecule has 0 unspecified atom stereocenters. The molecule has 5 nitrogen and oxygen atoms in total. The summed E-state index contributed by atoms with van der Waals surface area (Å²) < 4.78 is 5.95. The van der Waals surface area contributed by atoms with E-state index in [9.17, 15) is 9.90 Å². The van der Waals surface area contributed by atoms with Crippen LogP contribution in [0.3, 0.4) is 0 Å². The molecule has 0 bridgehead atoms. The molecule has 3 rings (SSSR count). The lowest BCUT2D eigenvalue weighted by atomic mass is 9.90. The zero-order valence-electron chi connectivity index (χ0n) is 13.9. The molecule has 1 fully saturated rings. The number of rotatable bonds is 4. The van der Waals surface area contributed by atoms with Gasteiger partial charge in [-0.15, -0.1) is 11.3 Å². The highest BCUT2D eigenvalue weighted by Crippen LogP contribution is 2.27. The van der Waals surface area contributed by atoms with Crippen LogP contribution in [-0.4, -0.2) is 45.7 Å². The first-order valence-electron chi connectivity index (χ1n) is 8.07. The van der Waals surface area contributed by atoms with E-state index in [0.29, 0.717) is 31.7 Å². The molecule has 1 N–H and O–H groups in total. The van der Waals surface area contributed by atoms with Crippen LogP contribution >= 0.6 is 11.3 Å². The Morgan fingerprint density at radius 1 is 1.46 bits per heavy atom. The van der Waals surface area contributed by atoms with Crippen LogP contribution in [0.4, 0.5) is 0 Å². The fourth-order valence-corrected chi connectivity index (χ4v) is 3.43. The van der Waals surface area contributed by atoms with Crippen molar-refractivity contribution in [1.29, 1.82) is 0 Å². The number of likely N-dealkylation sites (tertiary alicyclic amines) is 1. The summed E-state index contributed by atoms with van der Waals surface area (Å²) in [6.07, 6.45) is 0.339. The zero-order chi connectivity index (χ0) is 17.2. The van der Waals surface area contributed by atoms with Crippen molar-refractivity contribution in [3.63, 3.8) is 0 Å². The molecule has 0 spiro atoms. The number of piperidine rings is 1. The monoisotopic (exact) mass is 346 g/mol. The molecule has 1 saturated heterocycles. The number of hydrogen-bond donors (Lipinski definition) is 1. The molecule has 128 valence electrons. The van der Waals surface area contributed by atoms with Crippen LogP contribution in [0, 0.1) is 6.92 Å². The topological polar surface area (TPSA) is 62.7 Å². The minimum Gasteiger partial charge on any atom is -0.486 e. The first-order chi connectivity index (χ1) is 11.4. The van der Waals surface area contributed by atoms with Gasteiger partial charge in [0.2, 0.25) is 5.91 Å². The number of nitrogens with zero attached hydrogens (tertiary/aromatic N) is 2. The summed E-state index contributed by atoms with van der Waals surface area (Å²) >= 11 is 1.55. The van der Waals surface area contributed by atoms with Crippen LogP contribution in [0.2, 0.25) is 0 Å². The van der Waals surface area contributed by atoms with Gasteiger partial charge in [0.25, 0.3) is 0 Å². The van der Waals surface area contributed by atoms with Crippen LogP contribution in [0.25, 0.3) is 0 Å². The van der Waals surface area contributed by atoms with Crippen molar-refractivity contribution in [3.05, 3.63) is 46.4 Å². The Labute approximate surface area is 145 Å². The van der Waals surface area contributed by atoms with Crippen LogP contribution in [-0.2, 0) is 11.2 Å². The molecule has 2 heterocycles. The summed E-state index contributed by atoms with van der Waals surface area (Å²) in [6.45, 7) is 4.61. The van der Waals surface area contributed by atoms with Gasteiger partial charge in [0, 0.05) is 11.9 Å². The Bertz CT molecular complexity index is 699. The van der Waals surface area contributed by atoms with Gasteiger partial charge >= 0.3 is 0 Å². The number of carbonyl (C=O) groups excluding carboxylic acids is 1. The summed E-state index contributed by atoms with van der Waals surface area (Å²) in [7, 11) is 0. The largest absolute Gasteiger partial charge is 0.486 e. The van der Waals surface area contributed by atoms with E-state index in [1.54, 1.807) is 23.2 Å². The SMILES string of the molecule is Cc1nc(CC(=O)N2CC[C@@](C)(O)[C@H](Oc3ccccc3)C2)cs1. The lowest BCUT2D eigenvalue weighted by Crippen LogP contribution is -2.57. The minimum atomic E-state index is -0.955. The fourth-order valence-electron chi connectivity index (χ4n) is 2.82. The van der Waals surface area contributed by atoms with Crippen molar-refractivity contribution in [3.8, 4) is 5.75 Å². The number of hydrogen-bond acceptors (Lipinski definition) is 5. The number of carbonyl (C=O) groups is 1. The molecule has 2 atom stereocenters. The Morgan fingerprint density at radius 3 is 2.88 bits per heavy atom. The summed E-state index contributed by atoms with van der Waals surface area (Å²) in [4.78, 5) is 18.7. The number of aryl methyl sites for hydroxylation is 1. The number of ether oxygens (including phenoxy) is 1. The van der Waals surface area contributed by atoms with Crippen molar-refractivity contribution in [1.82, 2.24) is 9.88 Å². The fraction of sp³-hybridized carbons (Fsp3) is 0.444. The van der Waals surface area contributed by atoms with Crippen LogP contribution in [0.5, 0.6) is 5.75 Å². The molecule has 0 aliphatic carbocycles. The molecule has 0 saturated carbocycles. The van der Waals surface area contributed by atoms with E-state index in [2.05, 4.69) is 4.98 Å². The zero-order valence-corrected chi connectivity index (χ0v) is 14.8. The molecule has 1 amide bonds. The van der Waals surface area contributed by atoms with Crippen molar-refractivity contribution in [2.24, 2.45) is 0 Å². The Morgan fingerprint density at radius 2 is 2.21 bits per heavy atom. The molecule has 6 heteroatoms. The number of para-hydroxylation sites is 1. The third kappa shape index (κ3) is 3.94. The average Bonchev–Trinajstić information content (AvgIpc) is 2.95. The number of aliphatic hydroxyl groups is 1. The van der Waals surface area contributed by atoms with E-state index >= 15 is 0 Å². The van der Waals surface area contributed by atoms with Gasteiger partial charge in [0.05, 0.1) is 23.7 Å². The quantitative estimate of drug-likeness (QED) is 0.923. The molecule has 24 heavy (non-hydrogen) atoms. The van der Waals surface area contributed by atoms with E-state index in [1.165, 1.54) is 0 Å². The average molecular weight is 346 g/mol. The number of benzene rings is 1. The second-order valence-electron chi connectivity index (χ2n) is 6.40. The third-order valence-electron chi connectivity index (χ3n) is 4.34. The van der Waals surface area contributed by atoms with Crippen LogP contribution < -0.4 is 4.74 Å². The normalized spacial score (nSPS) is 24.0. The predicted octanol–water partition coefficient (Wildman–Crippen LogP) is 2.42. The first-order valence-corrected chi connectivity index (χ1v) is 8.95. The molecule has 1 aromatic heterocycles. The van der Waals surface area contributed by atoms with E-state index < -0.39 is 11.7 Å². The maximum atomic E-state index is 12.5. The molecule has 2 aromatic rings. The van der Waals surface area contributed by atoms with Crippen molar-refractivity contribution in [2.45, 2.75) is 38.4 Å². The lowest BCUT2D eigenvalue weighted by molar-refractivity contribution is -0.142. The lowest BCUT2D eigenvalue weighted by Gasteiger charge is -2.42. The van der Waals surface area contributed by atoms with E-state index in [1.807, 2.05) is 42.6 Å². The molecule has 0 radical (unpaired) electrons. The molecule has 1 aliphatic rings. The molecule has 1 aliphatic heterocycles. The van der Waals surface area contributed by atoms with E-state index in [0.717, 1.165) is 10.7 Å². The smallest absolute Gasteiger partial charge is 0.228 e. The maximum absolute atomic E-state index is 12.5. The van der Waals surface area contributed by atoms with Crippen LogP contribution in [0.1, 0.15) is 24.0 Å². The predicted molar refractivity (Wildman–Crippen MR) is 93.2 cm³/mol. The third-order valence-corrected chi connectivity index (χ3v) is 5.16. The number of aromatic nitrogens is 1. The van der Waals surface area contributed by atoms with Gasteiger partial charge in [-0.25, -0.2) is 4.98 Å². The number of thiazole rings is 1. The van der Waals surface area contributed by atoms with Gasteiger partial charge in [0.15, 0.2) is 0 Å². The highest BCUT2D eigenvalue weighted by molar-refractivity contribution is 7.09. The van der Waals surface area contributed by atoms with Crippen molar-refractivity contribution in [2.75, 3.05) is 13.1 Å². The Hall–Kier alpha value is -1.92. The molecular weight excluding hydrogens is 324 g/mol. The molecular formula is C18H22N2O3S. The van der Waals surface area contributed by atoms with E-state index in [-0.39, 0.29) is 5.91 Å². The van der Waals surface area contributed by atoms with Gasteiger partial charge in [-0.1, -0.05) is 18.2 Å². The highest BCUT2D eigenvalue weighted by atomic mass is 32.1. The second-order valence-corrected chi connectivity index (χ2v) is 7.46. The van der Waals surface area contributed by atoms with Crippen LogP contribution in [0.15, 0.2) is 35.7 Å². The van der Waals surface area contributed by atoms with Gasteiger partial charge in [-0.05, 0) is 32.4 Å².